The molecule has 0 bridgehead atoms. The maximum absolute atomic E-state index is 11.4. The second-order valence-corrected chi connectivity index (χ2v) is 4.10. The van der Waals surface area contributed by atoms with Gasteiger partial charge in [-0.2, -0.15) is 0 Å². The van der Waals surface area contributed by atoms with Crippen molar-refractivity contribution in [2.24, 2.45) is 5.41 Å². The number of carbonyl (C=O) groups is 1. The van der Waals surface area contributed by atoms with E-state index >= 15 is 0 Å². The van der Waals surface area contributed by atoms with Crippen LogP contribution in [0.25, 0.3) is 0 Å². The van der Waals surface area contributed by atoms with Crippen LogP contribution in [0, 0.1) is 5.41 Å². The zero-order chi connectivity index (χ0) is 9.31. The van der Waals surface area contributed by atoms with Crippen molar-refractivity contribution in [1.29, 1.82) is 0 Å². The van der Waals surface area contributed by atoms with E-state index in [0.29, 0.717) is 6.61 Å². The highest BCUT2D eigenvalue weighted by Gasteiger charge is 2.45. The molecule has 1 saturated heterocycles. The Bertz CT molecular complexity index is 207. The molecule has 1 heterocycles. The first-order chi connectivity index (χ1) is 6.21. The van der Waals surface area contributed by atoms with Crippen molar-refractivity contribution in [2.45, 2.75) is 32.3 Å². The number of carbonyl (C=O) groups excluding carboxylic acids is 1. The molecular weight excluding hydrogens is 170 g/mol. The number of rotatable bonds is 3. The maximum Gasteiger partial charge on any atom is 0.249 e. The second-order valence-electron chi connectivity index (χ2n) is 4.10. The summed E-state index contributed by atoms with van der Waals surface area (Å²) in [6.07, 6.45) is 2.87. The topological polar surface area (TPSA) is 47.6 Å². The zero-order valence-corrected chi connectivity index (χ0v) is 7.84. The van der Waals surface area contributed by atoms with E-state index in [1.807, 2.05) is 6.92 Å². The molecule has 1 amide bonds. The minimum absolute atomic E-state index is 0.0133. The van der Waals surface area contributed by atoms with Crippen molar-refractivity contribution in [2.75, 3.05) is 13.2 Å². The number of hydroxylamine groups is 1. The second kappa shape index (κ2) is 3.27. The van der Waals surface area contributed by atoms with Gasteiger partial charge in [-0.1, -0.05) is 6.92 Å². The molecule has 1 aliphatic carbocycles. The first-order valence-corrected chi connectivity index (χ1v) is 4.74. The monoisotopic (exact) mass is 185 g/mol. The van der Waals surface area contributed by atoms with E-state index in [-0.39, 0.29) is 17.4 Å². The molecule has 0 aromatic carbocycles. The summed E-state index contributed by atoms with van der Waals surface area (Å²) in [5.74, 6) is 0.0133. The van der Waals surface area contributed by atoms with E-state index < -0.39 is 0 Å². The van der Waals surface area contributed by atoms with Crippen LogP contribution >= 0.6 is 0 Å². The molecule has 74 valence electrons. The van der Waals surface area contributed by atoms with Gasteiger partial charge in [0, 0.05) is 18.4 Å². The minimum Gasteiger partial charge on any atom is -0.379 e. The van der Waals surface area contributed by atoms with Gasteiger partial charge in [0.05, 0.1) is 6.61 Å². The number of hydrogen-bond donors (Lipinski definition) is 1. The van der Waals surface area contributed by atoms with Crippen molar-refractivity contribution in [1.82, 2.24) is 5.48 Å². The van der Waals surface area contributed by atoms with Crippen LogP contribution in [-0.2, 0) is 14.4 Å². The van der Waals surface area contributed by atoms with Crippen molar-refractivity contribution >= 4 is 5.91 Å². The predicted molar refractivity (Wildman–Crippen MR) is 45.8 cm³/mol. The third kappa shape index (κ3) is 2.00. The molecule has 1 atom stereocenters. The fraction of sp³-hybridized carbons (Fsp3) is 0.889. The summed E-state index contributed by atoms with van der Waals surface area (Å²) >= 11 is 0. The van der Waals surface area contributed by atoms with Gasteiger partial charge in [-0.3, -0.25) is 9.63 Å². The Balaban J connectivity index is 1.69. The molecule has 0 aromatic heterocycles. The summed E-state index contributed by atoms with van der Waals surface area (Å²) in [7, 11) is 0. The van der Waals surface area contributed by atoms with Gasteiger partial charge < -0.3 is 4.74 Å². The molecule has 4 heteroatoms. The number of nitrogens with one attached hydrogen (secondary N) is 1. The van der Waals surface area contributed by atoms with Crippen LogP contribution in [0.3, 0.4) is 0 Å². The Morgan fingerprint density at radius 3 is 2.92 bits per heavy atom. The lowest BCUT2D eigenvalue weighted by molar-refractivity contribution is -0.143. The van der Waals surface area contributed by atoms with Gasteiger partial charge in [0.2, 0.25) is 5.91 Å². The molecule has 2 rings (SSSR count). The Morgan fingerprint density at radius 2 is 2.38 bits per heavy atom. The molecule has 1 N–H and O–H groups in total. The Labute approximate surface area is 77.5 Å². The molecule has 0 aromatic rings. The molecule has 0 spiro atoms. The highest BCUT2D eigenvalue weighted by atomic mass is 16.7. The molecule has 2 fully saturated rings. The summed E-state index contributed by atoms with van der Waals surface area (Å²) in [5.41, 5.74) is 2.35. The normalized spacial score (nSPS) is 30.1. The van der Waals surface area contributed by atoms with E-state index in [1.165, 1.54) is 0 Å². The maximum atomic E-state index is 11.4. The van der Waals surface area contributed by atoms with Crippen LogP contribution in [0.1, 0.15) is 26.2 Å². The van der Waals surface area contributed by atoms with Gasteiger partial charge >= 0.3 is 0 Å². The minimum atomic E-state index is -0.153. The van der Waals surface area contributed by atoms with E-state index in [0.717, 1.165) is 25.9 Å². The van der Waals surface area contributed by atoms with Gasteiger partial charge in [0.15, 0.2) is 0 Å². The van der Waals surface area contributed by atoms with Crippen molar-refractivity contribution in [3.05, 3.63) is 0 Å². The van der Waals surface area contributed by atoms with Gasteiger partial charge in [-0.05, 0) is 12.8 Å². The predicted octanol–water partition coefficient (Wildman–Crippen LogP) is 0.623. The van der Waals surface area contributed by atoms with Crippen LogP contribution in [0.5, 0.6) is 0 Å². The lowest BCUT2D eigenvalue weighted by Crippen LogP contribution is -2.34. The quantitative estimate of drug-likeness (QED) is 0.656. The SMILES string of the molecule is CC1(C(=O)NOC2CCOC2)CC1. The molecule has 0 radical (unpaired) electrons. The summed E-state index contributed by atoms with van der Waals surface area (Å²) < 4.78 is 5.11. The molecule has 1 unspecified atom stereocenters. The summed E-state index contributed by atoms with van der Waals surface area (Å²) in [4.78, 5) is 16.6. The standard InChI is InChI=1S/C9H15NO3/c1-9(3-4-9)8(11)10-13-7-2-5-12-6-7/h7H,2-6H2,1H3,(H,10,11). The van der Waals surface area contributed by atoms with Crippen molar-refractivity contribution in [3.8, 4) is 0 Å². The molecule has 2 aliphatic rings. The number of ether oxygens (including phenoxy) is 1. The Morgan fingerprint density at radius 1 is 1.62 bits per heavy atom. The average molecular weight is 185 g/mol. The van der Waals surface area contributed by atoms with E-state index in [9.17, 15) is 4.79 Å². The molecular formula is C9H15NO3. The third-order valence-corrected chi connectivity index (χ3v) is 2.75. The van der Waals surface area contributed by atoms with Gasteiger partial charge in [-0.15, -0.1) is 0 Å². The Hall–Kier alpha value is -0.610. The Kier molecular flexibility index (Phi) is 2.26. The molecule has 1 aliphatic heterocycles. The average Bonchev–Trinajstić information content (AvgIpc) is 2.70. The molecule has 1 saturated carbocycles. The lowest BCUT2D eigenvalue weighted by Gasteiger charge is -2.12. The van der Waals surface area contributed by atoms with E-state index in [4.69, 9.17) is 9.57 Å². The highest BCUT2D eigenvalue weighted by molar-refractivity contribution is 5.83. The summed E-state index contributed by atoms with van der Waals surface area (Å²) in [5, 5.41) is 0. The first kappa shape index (κ1) is 8.97. The van der Waals surface area contributed by atoms with Crippen molar-refractivity contribution in [3.63, 3.8) is 0 Å². The fourth-order valence-corrected chi connectivity index (χ4v) is 1.28. The smallest absolute Gasteiger partial charge is 0.249 e. The van der Waals surface area contributed by atoms with Crippen molar-refractivity contribution < 1.29 is 14.4 Å². The van der Waals surface area contributed by atoms with Crippen LogP contribution in [0.4, 0.5) is 0 Å². The largest absolute Gasteiger partial charge is 0.379 e. The van der Waals surface area contributed by atoms with Crippen LogP contribution in [0.15, 0.2) is 0 Å². The van der Waals surface area contributed by atoms with Crippen LogP contribution in [0.2, 0.25) is 0 Å². The first-order valence-electron chi connectivity index (χ1n) is 4.74. The van der Waals surface area contributed by atoms with Crippen LogP contribution in [-0.4, -0.2) is 25.2 Å². The third-order valence-electron chi connectivity index (χ3n) is 2.75. The summed E-state index contributed by atoms with van der Waals surface area (Å²) in [6.45, 7) is 3.28. The van der Waals surface area contributed by atoms with Crippen LogP contribution < -0.4 is 5.48 Å². The zero-order valence-electron chi connectivity index (χ0n) is 7.84. The number of hydrogen-bond acceptors (Lipinski definition) is 3. The van der Waals surface area contributed by atoms with E-state index in [2.05, 4.69) is 5.48 Å². The van der Waals surface area contributed by atoms with E-state index in [1.54, 1.807) is 0 Å². The van der Waals surface area contributed by atoms with Gasteiger partial charge in [0.25, 0.3) is 0 Å². The molecule has 4 nitrogen and oxygen atoms in total. The highest BCUT2D eigenvalue weighted by Crippen LogP contribution is 2.44. The van der Waals surface area contributed by atoms with Gasteiger partial charge in [-0.25, -0.2) is 5.48 Å². The molecule has 13 heavy (non-hydrogen) atoms. The lowest BCUT2D eigenvalue weighted by atomic mass is 10.1. The number of amides is 1. The fourth-order valence-electron chi connectivity index (χ4n) is 1.28. The van der Waals surface area contributed by atoms with Gasteiger partial charge in [0.1, 0.15) is 6.10 Å². The summed E-state index contributed by atoms with van der Waals surface area (Å²) in [6, 6.07) is 0.